The molecule has 162 valence electrons. The Hall–Kier alpha value is 0.759. The fourth-order valence-electron chi connectivity index (χ4n) is 4.23. The Morgan fingerprint density at radius 3 is 0.963 bits per heavy atom. The average molecular weight is 487 g/mol. The van der Waals surface area contributed by atoms with Crippen LogP contribution in [-0.4, -0.2) is 28.5 Å². The maximum absolute atomic E-state index is 6.35. The maximum atomic E-state index is 6.35. The molecule has 0 N–H and O–H groups in total. The van der Waals surface area contributed by atoms with E-state index in [1.165, 1.54) is 135 Å². The third-order valence-corrected chi connectivity index (χ3v) is 7.63. The van der Waals surface area contributed by atoms with Crippen molar-refractivity contribution in [1.29, 1.82) is 0 Å². The third-order valence-electron chi connectivity index (χ3n) is 6.21. The Morgan fingerprint density at radius 2 is 0.704 bits per heavy atom. The van der Waals surface area contributed by atoms with Crippen LogP contribution in [0.5, 0.6) is 0 Å². The molecule has 0 atom stereocenters. The van der Waals surface area contributed by atoms with Gasteiger partial charge in [0.05, 0.1) is 0 Å². The van der Waals surface area contributed by atoms with Crippen molar-refractivity contribution in [2.45, 2.75) is 161 Å². The van der Waals surface area contributed by atoms with Gasteiger partial charge < -0.3 is 0 Å². The van der Waals surface area contributed by atoms with Crippen molar-refractivity contribution in [2.75, 3.05) is 0 Å². The fraction of sp³-hybridized carbons (Fsp3) is 1.00. The molecule has 0 aromatic carbocycles. The second-order valence-electron chi connectivity index (χ2n) is 8.85. The fourth-order valence-corrected chi connectivity index (χ4v) is 5.24. The van der Waals surface area contributed by atoms with Crippen molar-refractivity contribution in [1.82, 2.24) is 0 Å². The van der Waals surface area contributed by atoms with Crippen molar-refractivity contribution in [3.05, 3.63) is 0 Å². The van der Waals surface area contributed by atoms with Crippen LogP contribution in [-0.2, 0) is 3.07 Å². The van der Waals surface area contributed by atoms with Crippen LogP contribution < -0.4 is 0 Å². The van der Waals surface area contributed by atoms with Gasteiger partial charge in [-0.25, -0.2) is 0 Å². The molecule has 0 saturated carbocycles. The number of hydrogen-bond donors (Lipinski definition) is 0. The summed E-state index contributed by atoms with van der Waals surface area (Å²) in [5.41, 5.74) is 0.239. The van der Waals surface area contributed by atoms with Gasteiger partial charge in [0, 0.05) is 0 Å². The number of rotatable bonds is 22. The zero-order valence-electron chi connectivity index (χ0n) is 19.3. The van der Waals surface area contributed by atoms with Crippen molar-refractivity contribution >= 4 is 22.9 Å². The second-order valence-corrected chi connectivity index (χ2v) is 9.53. The molecule has 27 heavy (non-hydrogen) atoms. The molecule has 2 radical (unpaired) electrons. The minimum atomic E-state index is 0.239. The van der Waals surface area contributed by atoms with Gasteiger partial charge in [-0.2, -0.15) is 0 Å². The summed E-state index contributed by atoms with van der Waals surface area (Å²) in [5.74, 6) is 0. The average Bonchev–Trinajstić information content (AvgIpc) is 2.69. The second kappa shape index (κ2) is 21.5. The third kappa shape index (κ3) is 17.3. The van der Waals surface area contributed by atoms with Crippen molar-refractivity contribution in [3.63, 3.8) is 0 Å². The molecule has 0 aliphatic rings. The Labute approximate surface area is 186 Å². The molecule has 2 heteroatoms. The van der Waals surface area contributed by atoms with E-state index in [2.05, 4.69) is 20.8 Å². The molecule has 0 unspecified atom stereocenters. The van der Waals surface area contributed by atoms with E-state index >= 15 is 0 Å². The first-order chi connectivity index (χ1) is 13.2. The van der Waals surface area contributed by atoms with E-state index in [4.69, 9.17) is 3.07 Å². The van der Waals surface area contributed by atoms with Crippen LogP contribution in [0.3, 0.4) is 0 Å². The molecule has 0 aliphatic carbocycles. The first kappa shape index (κ1) is 27.8. The van der Waals surface area contributed by atoms with Crippen LogP contribution in [0.2, 0.25) is 0 Å². The van der Waals surface area contributed by atoms with Crippen LogP contribution in [0.15, 0.2) is 0 Å². The Bertz CT molecular complexity index is 239. The van der Waals surface area contributed by atoms with E-state index in [9.17, 15) is 0 Å². The molecule has 0 heterocycles. The van der Waals surface area contributed by atoms with Gasteiger partial charge in [-0.05, 0) is 0 Å². The van der Waals surface area contributed by atoms with E-state index in [0.29, 0.717) is 0 Å². The summed E-state index contributed by atoms with van der Waals surface area (Å²) in [6.07, 6.45) is 29.2. The molecule has 0 fully saturated rings. The van der Waals surface area contributed by atoms with Crippen LogP contribution in [0, 0.1) is 0 Å². The van der Waals surface area contributed by atoms with Crippen molar-refractivity contribution in [2.24, 2.45) is 0 Å². The molecule has 0 aromatic heterocycles. The molecule has 0 amide bonds. The molecule has 0 saturated heterocycles. The molecule has 0 aromatic rings. The van der Waals surface area contributed by atoms with Gasteiger partial charge in [0.2, 0.25) is 0 Å². The Kier molecular flexibility index (Phi) is 22.1. The summed E-state index contributed by atoms with van der Waals surface area (Å²) in [4.78, 5) is 0. The Morgan fingerprint density at radius 1 is 0.444 bits per heavy atom. The summed E-state index contributed by atoms with van der Waals surface area (Å²) < 4.78 is 6.35. The monoisotopic (exact) mass is 488 g/mol. The van der Waals surface area contributed by atoms with Crippen LogP contribution in [0.25, 0.3) is 0 Å². The van der Waals surface area contributed by atoms with Gasteiger partial charge in [0.1, 0.15) is 0 Å². The summed E-state index contributed by atoms with van der Waals surface area (Å²) in [6.45, 7) is 6.92. The van der Waals surface area contributed by atoms with Gasteiger partial charge in [-0.3, -0.25) is 0 Å². The molecule has 1 nitrogen and oxygen atoms in total. The summed E-state index contributed by atoms with van der Waals surface area (Å²) >= 11 is 0.976. The molecule has 0 rings (SSSR count). The zero-order valence-corrected chi connectivity index (χ0v) is 22.6. The Balaban J connectivity index is 4.23. The summed E-state index contributed by atoms with van der Waals surface area (Å²) in [5, 5.41) is 0. The molecule has 0 bridgehead atoms. The predicted molar refractivity (Wildman–Crippen MR) is 125 cm³/mol. The van der Waals surface area contributed by atoms with E-state index in [1.54, 1.807) is 0 Å². The quantitative estimate of drug-likeness (QED) is 0.110. The first-order valence-electron chi connectivity index (χ1n) is 12.6. The zero-order chi connectivity index (χ0) is 20.1. The summed E-state index contributed by atoms with van der Waals surface area (Å²) in [6, 6.07) is 0. The van der Waals surface area contributed by atoms with Gasteiger partial charge in [-0.15, -0.1) is 0 Å². The van der Waals surface area contributed by atoms with E-state index in [0.717, 1.165) is 22.9 Å². The molecular weight excluding hydrogens is 435 g/mol. The first-order valence-corrected chi connectivity index (χ1v) is 14.0. The number of unbranched alkanes of at least 4 members (excludes halogenated alkanes) is 15. The summed E-state index contributed by atoms with van der Waals surface area (Å²) in [7, 11) is 0. The van der Waals surface area contributed by atoms with E-state index in [1.807, 2.05) is 0 Å². The van der Waals surface area contributed by atoms with Crippen molar-refractivity contribution in [3.8, 4) is 0 Å². The van der Waals surface area contributed by atoms with Crippen LogP contribution in [0.1, 0.15) is 156 Å². The normalized spacial score (nSPS) is 12.0. The van der Waals surface area contributed by atoms with Gasteiger partial charge in [0.25, 0.3) is 0 Å². The molecular formula is C25H52OSn. The predicted octanol–water partition coefficient (Wildman–Crippen LogP) is 8.81. The van der Waals surface area contributed by atoms with E-state index < -0.39 is 0 Å². The van der Waals surface area contributed by atoms with Crippen LogP contribution >= 0.6 is 0 Å². The minimum absolute atomic E-state index is 0.239. The topological polar surface area (TPSA) is 9.23 Å². The van der Waals surface area contributed by atoms with E-state index in [-0.39, 0.29) is 5.60 Å². The SMILES string of the molecule is CCCCCCCCC(CCCCCCCC)(CCCCCCCC)[O][SnH]. The van der Waals surface area contributed by atoms with Gasteiger partial charge in [0.15, 0.2) is 0 Å². The standard InChI is InChI=1S/C25H51O.Sn.H/c1-4-7-10-13-16-19-22-25(26,23-20-17-14-11-8-5-2)24-21-18-15-12-9-6-3;;/h4-24H2,1-3H3;;/q-1;+1;. The van der Waals surface area contributed by atoms with Crippen LogP contribution in [0.4, 0.5) is 0 Å². The molecule has 0 spiro atoms. The van der Waals surface area contributed by atoms with Gasteiger partial charge >= 0.3 is 187 Å². The van der Waals surface area contributed by atoms with Gasteiger partial charge in [-0.1, -0.05) is 0 Å². The number of hydrogen-bond acceptors (Lipinski definition) is 1. The van der Waals surface area contributed by atoms with Crippen molar-refractivity contribution < 1.29 is 3.07 Å². The molecule has 0 aliphatic heterocycles.